The Morgan fingerprint density at radius 2 is 2.06 bits per heavy atom. The number of nitrogens with zero attached hydrogens (tertiary/aromatic N) is 5. The average Bonchev–Trinajstić information content (AvgIpc) is 2.85. The molecule has 5 nitrogen and oxygen atoms in total. The second kappa shape index (κ2) is 3.16. The molecule has 0 saturated carbocycles. The summed E-state index contributed by atoms with van der Waals surface area (Å²) in [5, 5.41) is 8.36. The Morgan fingerprint density at radius 1 is 1.19 bits per heavy atom. The van der Waals surface area contributed by atoms with Gasteiger partial charge in [-0.05, 0) is 13.0 Å². The van der Waals surface area contributed by atoms with Crippen molar-refractivity contribution >= 4 is 5.52 Å². The fourth-order valence-corrected chi connectivity index (χ4v) is 1.78. The van der Waals surface area contributed by atoms with E-state index in [4.69, 9.17) is 0 Å². The molecule has 3 rings (SSSR count). The molecule has 0 amide bonds. The minimum absolute atomic E-state index is 0.891. The largest absolute Gasteiger partial charge is 0.275 e. The van der Waals surface area contributed by atoms with Crippen molar-refractivity contribution in [1.82, 2.24) is 24.4 Å². The molecule has 0 aliphatic heterocycles. The van der Waals surface area contributed by atoms with E-state index in [0.717, 1.165) is 22.5 Å². The van der Waals surface area contributed by atoms with E-state index in [0.29, 0.717) is 0 Å². The topological polar surface area (TPSA) is 48.0 Å². The summed E-state index contributed by atoms with van der Waals surface area (Å²) in [6.45, 7) is 1.98. The molecular formula is C11H11N5. The van der Waals surface area contributed by atoms with E-state index >= 15 is 0 Å². The Labute approximate surface area is 92.4 Å². The molecule has 3 aromatic heterocycles. The van der Waals surface area contributed by atoms with Gasteiger partial charge in [-0.3, -0.25) is 4.68 Å². The lowest BCUT2D eigenvalue weighted by Crippen LogP contribution is -1.95. The van der Waals surface area contributed by atoms with Crippen molar-refractivity contribution in [2.45, 2.75) is 6.92 Å². The molecule has 0 bridgehead atoms. The summed E-state index contributed by atoms with van der Waals surface area (Å²) in [7, 11) is 1.89. The van der Waals surface area contributed by atoms with Crippen LogP contribution in [0.2, 0.25) is 0 Å². The van der Waals surface area contributed by atoms with Gasteiger partial charge in [0.2, 0.25) is 0 Å². The van der Waals surface area contributed by atoms with Gasteiger partial charge in [0.15, 0.2) is 0 Å². The Balaban J connectivity index is 2.24. The van der Waals surface area contributed by atoms with E-state index in [1.165, 1.54) is 0 Å². The monoisotopic (exact) mass is 213 g/mol. The number of hydrogen-bond donors (Lipinski definition) is 0. The first-order valence-corrected chi connectivity index (χ1v) is 5.04. The Kier molecular flexibility index (Phi) is 1.80. The second-order valence-electron chi connectivity index (χ2n) is 3.78. The molecule has 0 spiro atoms. The van der Waals surface area contributed by atoms with Gasteiger partial charge in [0.05, 0.1) is 35.5 Å². The summed E-state index contributed by atoms with van der Waals surface area (Å²) in [6, 6.07) is 1.95. The zero-order chi connectivity index (χ0) is 11.1. The number of aromatic nitrogens is 5. The quantitative estimate of drug-likeness (QED) is 0.614. The SMILES string of the molecule is Cc1nc(-c2cnn(C)c2)cn2nccc12. The summed E-state index contributed by atoms with van der Waals surface area (Å²) >= 11 is 0. The van der Waals surface area contributed by atoms with Crippen LogP contribution in [0.15, 0.2) is 30.9 Å². The summed E-state index contributed by atoms with van der Waals surface area (Å²) in [5.74, 6) is 0. The molecule has 0 aromatic carbocycles. The highest BCUT2D eigenvalue weighted by atomic mass is 15.2. The van der Waals surface area contributed by atoms with Crippen molar-refractivity contribution in [3.63, 3.8) is 0 Å². The van der Waals surface area contributed by atoms with Crippen LogP contribution in [0.3, 0.4) is 0 Å². The zero-order valence-electron chi connectivity index (χ0n) is 9.12. The molecule has 5 heteroatoms. The maximum Gasteiger partial charge on any atom is 0.0921 e. The Morgan fingerprint density at radius 3 is 2.81 bits per heavy atom. The molecule has 0 saturated heterocycles. The third kappa shape index (κ3) is 1.29. The van der Waals surface area contributed by atoms with Crippen molar-refractivity contribution < 1.29 is 0 Å². The van der Waals surface area contributed by atoms with E-state index in [1.807, 2.05) is 36.9 Å². The smallest absolute Gasteiger partial charge is 0.0921 e. The maximum atomic E-state index is 4.54. The van der Waals surface area contributed by atoms with Crippen LogP contribution in [0.25, 0.3) is 16.8 Å². The molecule has 0 fully saturated rings. The van der Waals surface area contributed by atoms with E-state index in [2.05, 4.69) is 15.2 Å². The van der Waals surface area contributed by atoms with Crippen LogP contribution in [0.1, 0.15) is 5.69 Å². The second-order valence-corrected chi connectivity index (χ2v) is 3.78. The minimum atomic E-state index is 0.891. The number of aryl methyl sites for hydroxylation is 2. The molecule has 80 valence electrons. The predicted octanol–water partition coefficient (Wildman–Crippen LogP) is 1.44. The molecule has 0 aliphatic carbocycles. The standard InChI is InChI=1S/C11H11N5/c1-8-11-3-4-12-16(11)7-10(14-8)9-5-13-15(2)6-9/h3-7H,1-2H3. The number of hydrogen-bond acceptors (Lipinski definition) is 3. The Bertz CT molecular complexity index is 649. The van der Waals surface area contributed by atoms with Crippen LogP contribution in [0, 0.1) is 6.92 Å². The van der Waals surface area contributed by atoms with Gasteiger partial charge in [0, 0.05) is 18.8 Å². The molecule has 0 aliphatic rings. The van der Waals surface area contributed by atoms with Gasteiger partial charge in [-0.2, -0.15) is 10.2 Å². The van der Waals surface area contributed by atoms with Crippen LogP contribution >= 0.6 is 0 Å². The average molecular weight is 213 g/mol. The maximum absolute atomic E-state index is 4.54. The van der Waals surface area contributed by atoms with Crippen molar-refractivity contribution in [1.29, 1.82) is 0 Å². The van der Waals surface area contributed by atoms with Gasteiger partial charge in [-0.1, -0.05) is 0 Å². The van der Waals surface area contributed by atoms with Crippen LogP contribution in [-0.2, 0) is 7.05 Å². The van der Waals surface area contributed by atoms with E-state index in [9.17, 15) is 0 Å². The Hall–Kier alpha value is -2.17. The fraction of sp³-hybridized carbons (Fsp3) is 0.182. The van der Waals surface area contributed by atoms with Crippen LogP contribution in [0.4, 0.5) is 0 Å². The van der Waals surface area contributed by atoms with Crippen LogP contribution < -0.4 is 0 Å². The number of fused-ring (bicyclic) bond motifs is 1. The lowest BCUT2D eigenvalue weighted by atomic mass is 10.2. The molecule has 0 N–H and O–H groups in total. The molecule has 3 aromatic rings. The molecular weight excluding hydrogens is 202 g/mol. The van der Waals surface area contributed by atoms with Gasteiger partial charge in [-0.15, -0.1) is 0 Å². The predicted molar refractivity (Wildman–Crippen MR) is 59.9 cm³/mol. The normalized spacial score (nSPS) is 11.1. The highest BCUT2D eigenvalue weighted by molar-refractivity contribution is 5.60. The highest BCUT2D eigenvalue weighted by Crippen LogP contribution is 2.18. The zero-order valence-corrected chi connectivity index (χ0v) is 9.12. The van der Waals surface area contributed by atoms with Gasteiger partial charge >= 0.3 is 0 Å². The van der Waals surface area contributed by atoms with Gasteiger partial charge in [0.25, 0.3) is 0 Å². The van der Waals surface area contributed by atoms with Gasteiger partial charge in [0.1, 0.15) is 0 Å². The first kappa shape index (κ1) is 9.08. The summed E-state index contributed by atoms with van der Waals surface area (Å²) in [6.07, 6.45) is 7.44. The van der Waals surface area contributed by atoms with Crippen LogP contribution in [-0.4, -0.2) is 24.4 Å². The molecule has 0 atom stereocenters. The molecule has 16 heavy (non-hydrogen) atoms. The number of rotatable bonds is 1. The third-order valence-corrected chi connectivity index (χ3v) is 2.57. The van der Waals surface area contributed by atoms with Crippen molar-refractivity contribution in [3.8, 4) is 11.3 Å². The van der Waals surface area contributed by atoms with E-state index < -0.39 is 0 Å². The minimum Gasteiger partial charge on any atom is -0.275 e. The first-order chi connectivity index (χ1) is 7.74. The summed E-state index contributed by atoms with van der Waals surface area (Å²) < 4.78 is 3.60. The van der Waals surface area contributed by atoms with Crippen LogP contribution in [0.5, 0.6) is 0 Å². The molecule has 0 radical (unpaired) electrons. The molecule has 3 heterocycles. The lowest BCUT2D eigenvalue weighted by Gasteiger charge is -2.01. The fourth-order valence-electron chi connectivity index (χ4n) is 1.78. The highest BCUT2D eigenvalue weighted by Gasteiger charge is 2.06. The first-order valence-electron chi connectivity index (χ1n) is 5.04. The van der Waals surface area contributed by atoms with E-state index in [1.54, 1.807) is 17.1 Å². The molecule has 0 unspecified atom stereocenters. The van der Waals surface area contributed by atoms with Crippen molar-refractivity contribution in [2.24, 2.45) is 7.05 Å². The van der Waals surface area contributed by atoms with E-state index in [-0.39, 0.29) is 0 Å². The summed E-state index contributed by atoms with van der Waals surface area (Å²) in [5.41, 5.74) is 3.90. The van der Waals surface area contributed by atoms with Gasteiger partial charge in [-0.25, -0.2) is 9.50 Å². The lowest BCUT2D eigenvalue weighted by molar-refractivity contribution is 0.768. The third-order valence-electron chi connectivity index (χ3n) is 2.57. The van der Waals surface area contributed by atoms with Crippen molar-refractivity contribution in [2.75, 3.05) is 0 Å². The summed E-state index contributed by atoms with van der Waals surface area (Å²) in [4.78, 5) is 4.54. The van der Waals surface area contributed by atoms with Gasteiger partial charge < -0.3 is 0 Å². The van der Waals surface area contributed by atoms with Crippen molar-refractivity contribution in [3.05, 3.63) is 36.5 Å².